The Morgan fingerprint density at radius 3 is 2.70 bits per heavy atom. The van der Waals surface area contributed by atoms with Crippen molar-refractivity contribution in [3.05, 3.63) is 64.6 Å². The Balaban J connectivity index is 1.34. The molecule has 0 saturated carbocycles. The van der Waals surface area contributed by atoms with Gasteiger partial charge in [0.2, 0.25) is 5.91 Å². The first-order valence-corrected chi connectivity index (χ1v) is 9.70. The fourth-order valence-electron chi connectivity index (χ4n) is 3.50. The Labute approximate surface area is 171 Å². The van der Waals surface area contributed by atoms with E-state index < -0.39 is 18.3 Å². The summed E-state index contributed by atoms with van der Waals surface area (Å²) in [4.78, 5) is 49.9. The van der Waals surface area contributed by atoms with Crippen molar-refractivity contribution in [3.8, 4) is 0 Å². The number of aromatic nitrogens is 1. The highest BCUT2D eigenvalue weighted by molar-refractivity contribution is 6.01. The first-order valence-electron chi connectivity index (χ1n) is 9.70. The van der Waals surface area contributed by atoms with Gasteiger partial charge < -0.3 is 14.1 Å². The van der Waals surface area contributed by atoms with Crippen LogP contribution in [-0.4, -0.2) is 35.4 Å². The molecule has 2 heterocycles. The van der Waals surface area contributed by atoms with Crippen molar-refractivity contribution in [2.24, 2.45) is 0 Å². The number of rotatable bonds is 7. The number of oxazole rings is 1. The van der Waals surface area contributed by atoms with Crippen molar-refractivity contribution in [2.45, 2.75) is 25.8 Å². The van der Waals surface area contributed by atoms with Crippen molar-refractivity contribution in [1.82, 2.24) is 4.57 Å². The third-order valence-corrected chi connectivity index (χ3v) is 5.03. The minimum Gasteiger partial charge on any atom is -0.457 e. The van der Waals surface area contributed by atoms with E-state index in [9.17, 15) is 19.2 Å². The average molecular weight is 408 g/mol. The number of carbonyl (C=O) groups is 3. The van der Waals surface area contributed by atoms with E-state index in [0.717, 1.165) is 6.42 Å². The molecule has 1 aliphatic rings. The Morgan fingerprint density at radius 1 is 1.07 bits per heavy atom. The van der Waals surface area contributed by atoms with Gasteiger partial charge in [-0.1, -0.05) is 24.3 Å². The van der Waals surface area contributed by atoms with Crippen LogP contribution in [-0.2, 0) is 20.9 Å². The molecule has 0 bridgehead atoms. The van der Waals surface area contributed by atoms with Crippen LogP contribution in [0.4, 0.5) is 5.69 Å². The summed E-state index contributed by atoms with van der Waals surface area (Å²) in [6.07, 6.45) is 1.23. The second kappa shape index (κ2) is 8.36. The number of Topliss-reactive ketones (excluding diaryl/α,β-unsaturated/α-hetero) is 1. The highest BCUT2D eigenvalue weighted by Gasteiger charge is 2.22. The third-order valence-electron chi connectivity index (χ3n) is 5.03. The van der Waals surface area contributed by atoms with Crippen molar-refractivity contribution in [1.29, 1.82) is 0 Å². The van der Waals surface area contributed by atoms with Crippen LogP contribution in [0.5, 0.6) is 0 Å². The van der Waals surface area contributed by atoms with Gasteiger partial charge in [0.1, 0.15) is 0 Å². The highest BCUT2D eigenvalue weighted by atomic mass is 16.5. The molecule has 30 heavy (non-hydrogen) atoms. The average Bonchev–Trinajstić information content (AvgIpc) is 3.32. The van der Waals surface area contributed by atoms with Gasteiger partial charge >= 0.3 is 11.7 Å². The van der Waals surface area contributed by atoms with E-state index in [0.29, 0.717) is 35.3 Å². The summed E-state index contributed by atoms with van der Waals surface area (Å²) in [5.74, 6) is -1.46. The molecular formula is C22H20N2O6. The molecule has 3 aromatic rings. The molecule has 0 radical (unpaired) electrons. The number of nitrogens with zero attached hydrogens (tertiary/aromatic N) is 2. The topological polar surface area (TPSA) is 98.8 Å². The fourth-order valence-corrected chi connectivity index (χ4v) is 3.50. The normalized spacial score (nSPS) is 13.7. The number of hydrogen-bond donors (Lipinski definition) is 0. The van der Waals surface area contributed by atoms with E-state index in [2.05, 4.69) is 0 Å². The van der Waals surface area contributed by atoms with Crippen molar-refractivity contribution in [2.75, 3.05) is 18.1 Å². The predicted molar refractivity (Wildman–Crippen MR) is 108 cm³/mol. The zero-order chi connectivity index (χ0) is 21.1. The zero-order valence-electron chi connectivity index (χ0n) is 16.2. The lowest BCUT2D eigenvalue weighted by Gasteiger charge is -2.16. The maximum Gasteiger partial charge on any atom is 0.419 e. The SMILES string of the molecule is O=C(CCn1c(=O)oc2ccccc21)OCC(=O)c1cccc(N2CCCC2=O)c1. The molecule has 8 heteroatoms. The molecule has 0 spiro atoms. The quantitative estimate of drug-likeness (QED) is 0.440. The van der Waals surface area contributed by atoms with Gasteiger partial charge in [0.25, 0.3) is 0 Å². The minimum absolute atomic E-state index is 0.0352. The number of amides is 1. The number of ether oxygens (including phenoxy) is 1. The molecule has 154 valence electrons. The molecule has 0 N–H and O–H groups in total. The first-order chi connectivity index (χ1) is 14.5. The number of aryl methyl sites for hydroxylation is 1. The standard InChI is InChI=1S/C22H20N2O6/c25-18(15-5-3-6-16(13-15)23-11-4-9-20(23)26)14-29-21(27)10-12-24-17-7-1-2-8-19(17)30-22(24)28/h1-3,5-8,13H,4,9-12,14H2. The summed E-state index contributed by atoms with van der Waals surface area (Å²) in [5, 5.41) is 0. The van der Waals surface area contributed by atoms with E-state index in [1.807, 2.05) is 0 Å². The Morgan fingerprint density at radius 2 is 1.90 bits per heavy atom. The summed E-state index contributed by atoms with van der Waals surface area (Å²) in [6.45, 7) is 0.320. The molecule has 1 saturated heterocycles. The van der Waals surface area contributed by atoms with E-state index in [-0.39, 0.29) is 24.7 Å². The van der Waals surface area contributed by atoms with E-state index in [4.69, 9.17) is 9.15 Å². The molecule has 2 aromatic carbocycles. The number of benzene rings is 2. The van der Waals surface area contributed by atoms with Crippen LogP contribution < -0.4 is 10.7 Å². The van der Waals surface area contributed by atoms with Crippen LogP contribution in [0.1, 0.15) is 29.6 Å². The third kappa shape index (κ3) is 4.03. The molecule has 0 unspecified atom stereocenters. The van der Waals surface area contributed by atoms with Crippen molar-refractivity contribution >= 4 is 34.4 Å². The largest absolute Gasteiger partial charge is 0.457 e. The molecule has 8 nitrogen and oxygen atoms in total. The molecule has 1 aliphatic heterocycles. The Bertz CT molecular complexity index is 1180. The second-order valence-electron chi connectivity index (χ2n) is 7.02. The zero-order valence-corrected chi connectivity index (χ0v) is 16.2. The summed E-state index contributed by atoms with van der Waals surface area (Å²) in [5.41, 5.74) is 2.08. The van der Waals surface area contributed by atoms with Crippen LogP contribution >= 0.6 is 0 Å². The molecular weight excluding hydrogens is 388 g/mol. The van der Waals surface area contributed by atoms with Gasteiger partial charge in [-0.3, -0.25) is 19.0 Å². The van der Waals surface area contributed by atoms with Gasteiger partial charge in [0.05, 0.1) is 11.9 Å². The molecule has 1 fully saturated rings. The van der Waals surface area contributed by atoms with Crippen molar-refractivity contribution in [3.63, 3.8) is 0 Å². The number of fused-ring (bicyclic) bond motifs is 1. The number of para-hydroxylation sites is 2. The van der Waals surface area contributed by atoms with E-state index in [1.54, 1.807) is 53.4 Å². The molecule has 0 aliphatic carbocycles. The summed E-state index contributed by atoms with van der Waals surface area (Å²) < 4.78 is 11.6. The summed E-state index contributed by atoms with van der Waals surface area (Å²) in [7, 11) is 0. The summed E-state index contributed by atoms with van der Waals surface area (Å²) in [6, 6.07) is 13.7. The molecule has 0 atom stereocenters. The molecule has 1 aromatic heterocycles. The van der Waals surface area contributed by atoms with Gasteiger partial charge in [-0.05, 0) is 30.7 Å². The van der Waals surface area contributed by atoms with Crippen molar-refractivity contribution < 1.29 is 23.5 Å². The van der Waals surface area contributed by atoms with Crippen LogP contribution in [0.3, 0.4) is 0 Å². The van der Waals surface area contributed by atoms with Gasteiger partial charge in [0, 0.05) is 30.8 Å². The van der Waals surface area contributed by atoms with Crippen LogP contribution in [0.25, 0.3) is 11.1 Å². The minimum atomic E-state index is -0.591. The number of carbonyl (C=O) groups excluding carboxylic acids is 3. The molecule has 1 amide bonds. The summed E-state index contributed by atoms with van der Waals surface area (Å²) >= 11 is 0. The van der Waals surface area contributed by atoms with Gasteiger partial charge in [-0.2, -0.15) is 0 Å². The number of hydrogen-bond acceptors (Lipinski definition) is 6. The monoisotopic (exact) mass is 408 g/mol. The maximum atomic E-state index is 12.4. The number of esters is 1. The lowest BCUT2D eigenvalue weighted by molar-refractivity contribution is -0.142. The maximum absolute atomic E-state index is 12.4. The Hall–Kier alpha value is -3.68. The highest BCUT2D eigenvalue weighted by Crippen LogP contribution is 2.22. The predicted octanol–water partition coefficient (Wildman–Crippen LogP) is 2.54. The number of anilines is 1. The van der Waals surface area contributed by atoms with E-state index >= 15 is 0 Å². The fraction of sp³-hybridized carbons (Fsp3) is 0.273. The van der Waals surface area contributed by atoms with E-state index in [1.165, 1.54) is 4.57 Å². The van der Waals surface area contributed by atoms with Crippen LogP contribution in [0.2, 0.25) is 0 Å². The Kier molecular flexibility index (Phi) is 5.47. The first kappa shape index (κ1) is 19.6. The second-order valence-corrected chi connectivity index (χ2v) is 7.02. The smallest absolute Gasteiger partial charge is 0.419 e. The van der Waals surface area contributed by atoms with Crippen LogP contribution in [0.15, 0.2) is 57.7 Å². The number of ketones is 1. The lowest BCUT2D eigenvalue weighted by atomic mass is 10.1. The van der Waals surface area contributed by atoms with Crippen LogP contribution in [0, 0.1) is 0 Å². The van der Waals surface area contributed by atoms with Gasteiger partial charge in [-0.15, -0.1) is 0 Å². The molecule has 4 rings (SSSR count). The van der Waals surface area contributed by atoms with Gasteiger partial charge in [-0.25, -0.2) is 4.79 Å². The van der Waals surface area contributed by atoms with Gasteiger partial charge in [0.15, 0.2) is 18.0 Å². The lowest BCUT2D eigenvalue weighted by Crippen LogP contribution is -2.24.